The summed E-state index contributed by atoms with van der Waals surface area (Å²) in [6, 6.07) is 12.7. The monoisotopic (exact) mass is 353 g/mol. The highest BCUT2D eigenvalue weighted by molar-refractivity contribution is 5.96. The van der Waals surface area contributed by atoms with E-state index in [-0.39, 0.29) is 17.9 Å². The fourth-order valence-corrected chi connectivity index (χ4v) is 2.52. The molecule has 0 aromatic heterocycles. The van der Waals surface area contributed by atoms with Gasteiger partial charge in [-0.05, 0) is 55.2 Å². The van der Waals surface area contributed by atoms with Crippen molar-refractivity contribution >= 4 is 23.3 Å². The molecule has 6 heteroatoms. The Kier molecular flexibility index (Phi) is 5.41. The zero-order valence-corrected chi connectivity index (χ0v) is 15.0. The highest BCUT2D eigenvalue weighted by Crippen LogP contribution is 2.30. The second kappa shape index (κ2) is 7.91. The quantitative estimate of drug-likeness (QED) is 0.741. The van der Waals surface area contributed by atoms with E-state index >= 15 is 0 Å². The van der Waals surface area contributed by atoms with Crippen LogP contribution in [0.4, 0.5) is 16.2 Å². The molecule has 0 aliphatic heterocycles. The number of aryl methyl sites for hydroxylation is 1. The molecule has 1 fully saturated rings. The van der Waals surface area contributed by atoms with Crippen LogP contribution in [-0.2, 0) is 11.3 Å². The van der Waals surface area contributed by atoms with Crippen molar-refractivity contribution in [2.24, 2.45) is 5.92 Å². The summed E-state index contributed by atoms with van der Waals surface area (Å²) in [4.78, 5) is 24.1. The second-order valence-corrected chi connectivity index (χ2v) is 6.45. The maximum Gasteiger partial charge on any atom is 0.319 e. The molecule has 0 radical (unpaired) electrons. The number of benzene rings is 2. The lowest BCUT2D eigenvalue weighted by Gasteiger charge is -2.12. The highest BCUT2D eigenvalue weighted by Gasteiger charge is 2.29. The number of urea groups is 1. The number of carbonyl (C=O) groups excluding carboxylic acids is 2. The smallest absolute Gasteiger partial charge is 0.319 e. The predicted molar refractivity (Wildman–Crippen MR) is 101 cm³/mol. The van der Waals surface area contributed by atoms with Gasteiger partial charge in [-0.1, -0.05) is 18.2 Å². The normalized spacial score (nSPS) is 13.0. The lowest BCUT2D eigenvalue weighted by molar-refractivity contribution is -0.117. The standard InChI is InChI=1S/C20H23N3O3/c1-13-3-8-16(22-19(24)15-6-7-15)11-18(13)23-20(25)21-12-14-4-9-17(26-2)10-5-14/h3-5,8-11,15H,6-7,12H2,1-2H3,(H,22,24)(H2,21,23,25). The van der Waals surface area contributed by atoms with E-state index in [0.29, 0.717) is 17.9 Å². The summed E-state index contributed by atoms with van der Waals surface area (Å²) in [6.45, 7) is 2.32. The van der Waals surface area contributed by atoms with Gasteiger partial charge in [0.2, 0.25) is 5.91 Å². The molecule has 136 valence electrons. The lowest BCUT2D eigenvalue weighted by atomic mass is 10.1. The van der Waals surface area contributed by atoms with Crippen molar-refractivity contribution in [2.75, 3.05) is 17.7 Å². The molecule has 0 saturated heterocycles. The molecule has 0 spiro atoms. The number of rotatable bonds is 6. The maximum absolute atomic E-state index is 12.2. The average Bonchev–Trinajstić information content (AvgIpc) is 3.48. The molecular weight excluding hydrogens is 330 g/mol. The second-order valence-electron chi connectivity index (χ2n) is 6.45. The van der Waals surface area contributed by atoms with Crippen molar-refractivity contribution in [1.82, 2.24) is 5.32 Å². The highest BCUT2D eigenvalue weighted by atomic mass is 16.5. The Balaban J connectivity index is 1.56. The van der Waals surface area contributed by atoms with E-state index in [1.165, 1.54) is 0 Å². The molecule has 0 unspecified atom stereocenters. The van der Waals surface area contributed by atoms with Gasteiger partial charge in [0, 0.05) is 23.8 Å². The van der Waals surface area contributed by atoms with Crippen molar-refractivity contribution < 1.29 is 14.3 Å². The van der Waals surface area contributed by atoms with E-state index < -0.39 is 0 Å². The Labute approximate surface area is 152 Å². The number of methoxy groups -OCH3 is 1. The fraction of sp³-hybridized carbons (Fsp3) is 0.300. The molecule has 1 aliphatic carbocycles. The van der Waals surface area contributed by atoms with Gasteiger partial charge in [-0.25, -0.2) is 4.79 Å². The van der Waals surface area contributed by atoms with Gasteiger partial charge < -0.3 is 20.7 Å². The summed E-state index contributed by atoms with van der Waals surface area (Å²) < 4.78 is 5.11. The molecule has 0 bridgehead atoms. The number of nitrogens with one attached hydrogen (secondary N) is 3. The Morgan fingerprint density at radius 1 is 1.08 bits per heavy atom. The van der Waals surface area contributed by atoms with Gasteiger partial charge >= 0.3 is 6.03 Å². The minimum absolute atomic E-state index is 0.0451. The number of anilines is 2. The number of hydrogen-bond acceptors (Lipinski definition) is 3. The van der Waals surface area contributed by atoms with Crippen LogP contribution in [0.5, 0.6) is 5.75 Å². The summed E-state index contributed by atoms with van der Waals surface area (Å²) in [5.74, 6) is 0.961. The van der Waals surface area contributed by atoms with E-state index in [9.17, 15) is 9.59 Å². The average molecular weight is 353 g/mol. The van der Waals surface area contributed by atoms with Crippen LogP contribution in [-0.4, -0.2) is 19.0 Å². The molecule has 0 heterocycles. The molecule has 1 aliphatic rings. The van der Waals surface area contributed by atoms with Gasteiger partial charge in [-0.15, -0.1) is 0 Å². The van der Waals surface area contributed by atoms with Crippen LogP contribution in [0.15, 0.2) is 42.5 Å². The van der Waals surface area contributed by atoms with Crippen molar-refractivity contribution in [3.63, 3.8) is 0 Å². The van der Waals surface area contributed by atoms with Crippen LogP contribution < -0.4 is 20.7 Å². The molecular formula is C20H23N3O3. The maximum atomic E-state index is 12.2. The number of ether oxygens (including phenoxy) is 1. The van der Waals surface area contributed by atoms with Gasteiger partial charge in [0.05, 0.1) is 7.11 Å². The van der Waals surface area contributed by atoms with Crippen molar-refractivity contribution in [2.45, 2.75) is 26.3 Å². The predicted octanol–water partition coefficient (Wildman–Crippen LogP) is 3.67. The third kappa shape index (κ3) is 4.75. The summed E-state index contributed by atoms with van der Waals surface area (Å²) in [7, 11) is 1.62. The van der Waals surface area contributed by atoms with Crippen molar-refractivity contribution in [3.05, 3.63) is 53.6 Å². The number of hydrogen-bond donors (Lipinski definition) is 3. The first-order valence-electron chi connectivity index (χ1n) is 8.64. The Morgan fingerprint density at radius 3 is 2.46 bits per heavy atom. The fourth-order valence-electron chi connectivity index (χ4n) is 2.52. The first-order valence-corrected chi connectivity index (χ1v) is 8.64. The molecule has 3 amide bonds. The van der Waals surface area contributed by atoms with Crippen LogP contribution in [0.1, 0.15) is 24.0 Å². The van der Waals surface area contributed by atoms with Crippen LogP contribution in [0.25, 0.3) is 0 Å². The Hall–Kier alpha value is -3.02. The van der Waals surface area contributed by atoms with E-state index in [1.807, 2.05) is 43.3 Å². The molecule has 26 heavy (non-hydrogen) atoms. The van der Waals surface area contributed by atoms with E-state index in [4.69, 9.17) is 4.74 Å². The van der Waals surface area contributed by atoms with Gasteiger partial charge in [0.25, 0.3) is 0 Å². The topological polar surface area (TPSA) is 79.5 Å². The van der Waals surface area contributed by atoms with Gasteiger partial charge in [-0.2, -0.15) is 0 Å². The zero-order valence-electron chi connectivity index (χ0n) is 15.0. The van der Waals surface area contributed by atoms with Gasteiger partial charge in [0.1, 0.15) is 5.75 Å². The Morgan fingerprint density at radius 2 is 1.81 bits per heavy atom. The van der Waals surface area contributed by atoms with E-state index in [0.717, 1.165) is 29.7 Å². The van der Waals surface area contributed by atoms with Gasteiger partial charge in [0.15, 0.2) is 0 Å². The van der Waals surface area contributed by atoms with E-state index in [1.54, 1.807) is 13.2 Å². The van der Waals surface area contributed by atoms with Crippen molar-refractivity contribution in [3.8, 4) is 5.75 Å². The Bertz CT molecular complexity index is 798. The van der Waals surface area contributed by atoms with Crippen molar-refractivity contribution in [1.29, 1.82) is 0 Å². The third-order valence-corrected chi connectivity index (χ3v) is 4.31. The first kappa shape index (κ1) is 17.8. The van der Waals surface area contributed by atoms with Crippen LogP contribution >= 0.6 is 0 Å². The SMILES string of the molecule is COc1ccc(CNC(=O)Nc2cc(NC(=O)C3CC3)ccc2C)cc1. The zero-order chi connectivity index (χ0) is 18.5. The van der Waals surface area contributed by atoms with Crippen LogP contribution in [0.2, 0.25) is 0 Å². The molecule has 0 atom stereocenters. The van der Waals surface area contributed by atoms with Crippen LogP contribution in [0, 0.1) is 12.8 Å². The molecule has 2 aromatic rings. The summed E-state index contributed by atoms with van der Waals surface area (Å²) in [5, 5.41) is 8.55. The van der Waals surface area contributed by atoms with Gasteiger partial charge in [-0.3, -0.25) is 4.79 Å². The number of amides is 3. The largest absolute Gasteiger partial charge is 0.497 e. The third-order valence-electron chi connectivity index (χ3n) is 4.31. The molecule has 1 saturated carbocycles. The van der Waals surface area contributed by atoms with Crippen LogP contribution in [0.3, 0.4) is 0 Å². The number of carbonyl (C=O) groups is 2. The summed E-state index contributed by atoms with van der Waals surface area (Å²) >= 11 is 0. The minimum atomic E-state index is -0.297. The molecule has 3 N–H and O–H groups in total. The van der Waals surface area contributed by atoms with E-state index in [2.05, 4.69) is 16.0 Å². The first-order chi connectivity index (χ1) is 12.5. The lowest BCUT2D eigenvalue weighted by Crippen LogP contribution is -2.28. The summed E-state index contributed by atoms with van der Waals surface area (Å²) in [6.07, 6.45) is 1.91. The molecule has 3 rings (SSSR count). The summed E-state index contributed by atoms with van der Waals surface area (Å²) in [5.41, 5.74) is 3.26. The molecule has 6 nitrogen and oxygen atoms in total. The molecule has 2 aromatic carbocycles. The minimum Gasteiger partial charge on any atom is -0.497 e.